The Morgan fingerprint density at radius 2 is 0.500 bits per heavy atom. The minimum Gasteiger partial charge on any atom is -0.423 e. The van der Waals surface area contributed by atoms with Crippen LogP contribution in [0.1, 0.15) is 73.6 Å². The molecule has 0 unspecified atom stereocenters. The van der Waals surface area contributed by atoms with Crippen LogP contribution in [0.4, 0.5) is 0 Å². The summed E-state index contributed by atoms with van der Waals surface area (Å²) in [5.41, 5.74) is 30.1. The third kappa shape index (κ3) is 11.5. The third-order valence-corrected chi connectivity index (χ3v) is 25.2. The van der Waals surface area contributed by atoms with E-state index in [-0.39, 0.29) is 10.8 Å². The summed E-state index contributed by atoms with van der Waals surface area (Å²) in [6, 6.07) is 133. The second-order valence-electron chi connectivity index (χ2n) is 30.7. The molecular weight excluding hydrogens is 1400 g/mol. The topological polar surface area (TPSA) is 40.5 Å². The van der Waals surface area contributed by atoms with Gasteiger partial charge < -0.3 is 10.0 Å². The maximum absolute atomic E-state index is 9.76. The van der Waals surface area contributed by atoms with Crippen LogP contribution in [0.5, 0.6) is 0 Å². The molecular formula is C106H78BBrO2. The summed E-state index contributed by atoms with van der Waals surface area (Å²) in [5.74, 6) is 0. The van der Waals surface area contributed by atoms with Gasteiger partial charge in [0.2, 0.25) is 0 Å². The van der Waals surface area contributed by atoms with Crippen LogP contribution >= 0.6 is 15.9 Å². The van der Waals surface area contributed by atoms with Gasteiger partial charge in [-0.1, -0.05) is 357 Å². The number of fused-ring (bicyclic) bond motifs is 16. The van der Waals surface area contributed by atoms with E-state index in [1.54, 1.807) is 11.6 Å². The summed E-state index contributed by atoms with van der Waals surface area (Å²) in [5, 5.41) is 34.3. The maximum atomic E-state index is 9.76. The fraction of sp³-hybridized carbons (Fsp3) is 0.0943. The molecule has 0 saturated heterocycles. The normalized spacial score (nSPS) is 14.0. The first-order valence-electron chi connectivity index (χ1n) is 39.0. The molecule has 4 heteroatoms. The van der Waals surface area contributed by atoms with Crippen molar-refractivity contribution in [2.24, 2.45) is 0 Å². The second-order valence-corrected chi connectivity index (χ2v) is 31.6. The van der Waals surface area contributed by atoms with Crippen LogP contribution in [0.25, 0.3) is 165 Å². The van der Waals surface area contributed by atoms with Gasteiger partial charge >= 0.3 is 7.12 Å². The number of hydrogen-bond acceptors (Lipinski definition) is 2. The molecule has 0 bridgehead atoms. The molecule has 0 aliphatic heterocycles. The lowest BCUT2D eigenvalue weighted by Crippen LogP contribution is -2.29. The molecule has 0 heterocycles. The largest absolute Gasteiger partial charge is 0.488 e. The smallest absolute Gasteiger partial charge is 0.423 e. The molecule has 4 aliphatic rings. The van der Waals surface area contributed by atoms with Crippen molar-refractivity contribution in [1.29, 1.82) is 0 Å². The molecule has 0 atom stereocenters. The predicted octanol–water partition coefficient (Wildman–Crippen LogP) is 27.8. The van der Waals surface area contributed by atoms with Crippen LogP contribution in [-0.2, 0) is 10.8 Å². The van der Waals surface area contributed by atoms with Crippen molar-refractivity contribution in [2.45, 2.75) is 62.2 Å². The van der Waals surface area contributed by atoms with Gasteiger partial charge in [-0.3, -0.25) is 0 Å². The fourth-order valence-electron chi connectivity index (χ4n) is 19.7. The van der Waals surface area contributed by atoms with E-state index in [1.165, 1.54) is 215 Å². The summed E-state index contributed by atoms with van der Waals surface area (Å²) in [6.45, 7) is 0. The Balaban J connectivity index is 0.000000118. The number of halogens is 1. The molecule has 0 radical (unpaired) electrons. The van der Waals surface area contributed by atoms with E-state index in [1.807, 2.05) is 18.2 Å². The van der Waals surface area contributed by atoms with Crippen LogP contribution in [-0.4, -0.2) is 17.2 Å². The van der Waals surface area contributed by atoms with Crippen molar-refractivity contribution in [2.75, 3.05) is 0 Å². The molecule has 4 aliphatic carbocycles. The molecule has 524 valence electrons. The van der Waals surface area contributed by atoms with Gasteiger partial charge in [0.25, 0.3) is 0 Å². The highest BCUT2D eigenvalue weighted by Crippen LogP contribution is 2.60. The third-order valence-electron chi connectivity index (χ3n) is 24.7. The van der Waals surface area contributed by atoms with Gasteiger partial charge in [-0.25, -0.2) is 0 Å². The van der Waals surface area contributed by atoms with E-state index in [4.69, 9.17) is 0 Å². The monoisotopic (exact) mass is 1470 g/mol. The van der Waals surface area contributed by atoms with E-state index in [9.17, 15) is 10.0 Å². The Bertz CT molecular complexity index is 6550. The van der Waals surface area contributed by atoms with Crippen molar-refractivity contribution in [3.8, 4) is 100 Å². The number of benzene rings is 18. The highest BCUT2D eigenvalue weighted by molar-refractivity contribution is 9.10. The SMILES string of the molecule is Brc1ccc2c(c1)C1(CCCC1)c1cc(-c3ccccc3)ccc1-2.OB(O)c1cccc(-c2c3ccccc3c(-c3ccc4ccccc4c3)c3ccccc23)c1.c1ccc(-c2ccc3c(c2)C2(CCCC2)c2cc(-c4cccc(-c5c6ccccc6c(-c6ccc7ccccc7c6)c6ccccc56)c4)ccc2-3)cc1. The second kappa shape index (κ2) is 27.9. The zero-order chi connectivity index (χ0) is 73.4. The number of rotatable bonds is 8. The quantitative estimate of drug-likeness (QED) is 0.118. The van der Waals surface area contributed by atoms with Gasteiger partial charge in [-0.05, 0) is 267 Å². The molecule has 22 rings (SSSR count). The number of hydrogen-bond donors (Lipinski definition) is 2. The minimum atomic E-state index is -1.50. The van der Waals surface area contributed by atoms with Gasteiger partial charge in [-0.15, -0.1) is 0 Å². The van der Waals surface area contributed by atoms with E-state index in [2.05, 4.69) is 356 Å². The van der Waals surface area contributed by atoms with Crippen molar-refractivity contribution in [3.63, 3.8) is 0 Å². The van der Waals surface area contributed by atoms with Gasteiger partial charge in [0.1, 0.15) is 0 Å². The maximum Gasteiger partial charge on any atom is 0.488 e. The lowest BCUT2D eigenvalue weighted by molar-refractivity contribution is 0.426. The fourth-order valence-corrected chi connectivity index (χ4v) is 20.1. The first kappa shape index (κ1) is 67.3. The van der Waals surface area contributed by atoms with Crippen molar-refractivity contribution < 1.29 is 10.0 Å². The zero-order valence-electron chi connectivity index (χ0n) is 61.1. The minimum absolute atomic E-state index is 0.0913. The van der Waals surface area contributed by atoms with E-state index in [0.717, 1.165) is 21.9 Å². The van der Waals surface area contributed by atoms with Crippen LogP contribution in [0.15, 0.2) is 368 Å². The van der Waals surface area contributed by atoms with Crippen LogP contribution < -0.4 is 5.46 Å². The van der Waals surface area contributed by atoms with Crippen molar-refractivity contribution >= 4 is 93.1 Å². The van der Waals surface area contributed by atoms with Gasteiger partial charge in [-0.2, -0.15) is 0 Å². The lowest BCUT2D eigenvalue weighted by Gasteiger charge is -2.27. The Kier molecular flexibility index (Phi) is 17.1. The Morgan fingerprint density at radius 1 is 0.218 bits per heavy atom. The van der Waals surface area contributed by atoms with E-state index < -0.39 is 7.12 Å². The van der Waals surface area contributed by atoms with E-state index in [0.29, 0.717) is 5.46 Å². The Morgan fingerprint density at radius 3 is 0.891 bits per heavy atom. The zero-order valence-corrected chi connectivity index (χ0v) is 62.7. The van der Waals surface area contributed by atoms with Crippen molar-refractivity contribution in [1.82, 2.24) is 0 Å². The highest BCUT2D eigenvalue weighted by atomic mass is 79.9. The summed E-state index contributed by atoms with van der Waals surface area (Å²) < 4.78 is 1.20. The standard InChI is InChI=1S/C53H38.C30H21BO2.C23H19Br/c1-2-13-35(14-3-1)39-25-27-43-44-28-26-40(34-50(44)53(49(43)33-39)29-10-11-30-53)38-17-12-18-41(32-38)51-45-19-6-8-21-47(45)52(48-22-9-7-20-46(48)51)42-24-23-36-15-4-5-16-37(36)31-42;32-31(33)24-11-7-10-22(19-24)29-25-12-3-5-14-27(25)30(28-15-6-4-13-26(28)29)23-17-16-20-8-1-2-9-21(20)18-23;24-18-9-11-20-19-10-8-17(16-6-2-1-3-7-16)14-21(19)23(22(20)15-18)12-4-5-13-23/h1-9,12-28,31-34H,10-11,29-30H2;1-19,32-33H;1-3,6-11,14-15H,4-5,12-13H2. The van der Waals surface area contributed by atoms with Crippen LogP contribution in [0.3, 0.4) is 0 Å². The Labute approximate surface area is 651 Å². The average molecular weight is 1470 g/mol. The van der Waals surface area contributed by atoms with Crippen LogP contribution in [0.2, 0.25) is 0 Å². The van der Waals surface area contributed by atoms with Gasteiger partial charge in [0.15, 0.2) is 0 Å². The van der Waals surface area contributed by atoms with Gasteiger partial charge in [0, 0.05) is 15.3 Å². The summed E-state index contributed by atoms with van der Waals surface area (Å²) in [6.07, 6.45) is 10.2. The molecule has 2 nitrogen and oxygen atoms in total. The molecule has 2 spiro atoms. The molecule has 0 aromatic heterocycles. The molecule has 2 fully saturated rings. The molecule has 2 saturated carbocycles. The average Bonchev–Trinajstić information content (AvgIpc) is 1.50. The summed E-state index contributed by atoms with van der Waals surface area (Å²) >= 11 is 3.69. The van der Waals surface area contributed by atoms with Crippen LogP contribution in [0, 0.1) is 0 Å². The van der Waals surface area contributed by atoms with E-state index >= 15 is 0 Å². The molecule has 18 aromatic rings. The Hall–Kier alpha value is -12.0. The first-order chi connectivity index (χ1) is 54.2. The van der Waals surface area contributed by atoms with Crippen molar-refractivity contribution in [3.05, 3.63) is 391 Å². The molecule has 110 heavy (non-hydrogen) atoms. The highest BCUT2D eigenvalue weighted by Gasteiger charge is 2.47. The first-order valence-corrected chi connectivity index (χ1v) is 39.8. The summed E-state index contributed by atoms with van der Waals surface area (Å²) in [4.78, 5) is 0. The molecule has 18 aromatic carbocycles. The lowest BCUT2D eigenvalue weighted by atomic mass is 9.75. The summed E-state index contributed by atoms with van der Waals surface area (Å²) in [7, 11) is -1.50. The van der Waals surface area contributed by atoms with Gasteiger partial charge in [0.05, 0.1) is 0 Å². The molecule has 0 amide bonds. The molecule has 2 N–H and O–H groups in total. The predicted molar refractivity (Wildman–Crippen MR) is 469 cm³/mol.